The van der Waals surface area contributed by atoms with Crippen LogP contribution in [0.1, 0.15) is 40.4 Å². The number of ether oxygens (including phenoxy) is 1. The molecule has 31 heavy (non-hydrogen) atoms. The van der Waals surface area contributed by atoms with Gasteiger partial charge in [0.15, 0.2) is 5.16 Å². The van der Waals surface area contributed by atoms with Crippen molar-refractivity contribution in [1.82, 2.24) is 25.4 Å². The molecule has 2 N–H and O–H groups in total. The van der Waals surface area contributed by atoms with Gasteiger partial charge in [-0.05, 0) is 61.3 Å². The number of nitrogens with one attached hydrogen (secondary N) is 2. The van der Waals surface area contributed by atoms with Crippen molar-refractivity contribution in [2.45, 2.75) is 29.8 Å². The fourth-order valence-corrected chi connectivity index (χ4v) is 4.53. The molecule has 1 amide bonds. The van der Waals surface area contributed by atoms with Crippen molar-refractivity contribution in [2.75, 3.05) is 26.7 Å². The number of aromatic nitrogens is 3. The Hall–Kier alpha value is -2.84. The van der Waals surface area contributed by atoms with Crippen LogP contribution in [0.4, 0.5) is 0 Å². The van der Waals surface area contributed by atoms with Crippen molar-refractivity contribution in [1.29, 1.82) is 0 Å². The minimum Gasteiger partial charge on any atom is -0.497 e. The summed E-state index contributed by atoms with van der Waals surface area (Å²) >= 11 is 1.58. The van der Waals surface area contributed by atoms with E-state index in [9.17, 15) is 4.79 Å². The number of benzene rings is 2. The Bertz CT molecular complexity index is 955. The van der Waals surface area contributed by atoms with E-state index in [-0.39, 0.29) is 11.9 Å². The molecule has 7 nitrogen and oxygen atoms in total. The smallest absolute Gasteiger partial charge is 0.251 e. The first-order valence-electron chi connectivity index (χ1n) is 10.5. The normalized spacial score (nSPS) is 15.0. The number of carbonyl (C=O) groups is 1. The number of carbonyl (C=O) groups excluding carboxylic acids is 1. The van der Waals surface area contributed by atoms with Crippen LogP contribution in [-0.2, 0) is 5.75 Å². The van der Waals surface area contributed by atoms with E-state index in [1.165, 1.54) is 24.7 Å². The van der Waals surface area contributed by atoms with Crippen molar-refractivity contribution >= 4 is 17.7 Å². The van der Waals surface area contributed by atoms with Crippen molar-refractivity contribution in [3.8, 4) is 5.75 Å². The Kier molecular flexibility index (Phi) is 7.22. The highest BCUT2D eigenvalue weighted by molar-refractivity contribution is 7.98. The number of aromatic amines is 1. The van der Waals surface area contributed by atoms with Crippen LogP contribution >= 0.6 is 11.8 Å². The fourth-order valence-electron chi connectivity index (χ4n) is 3.80. The summed E-state index contributed by atoms with van der Waals surface area (Å²) in [6.07, 6.45) is 3.90. The molecule has 1 unspecified atom stereocenters. The highest BCUT2D eigenvalue weighted by Crippen LogP contribution is 2.26. The lowest BCUT2D eigenvalue weighted by Crippen LogP contribution is -2.36. The molecule has 1 aliphatic heterocycles. The molecule has 0 spiro atoms. The summed E-state index contributed by atoms with van der Waals surface area (Å²) in [7, 11) is 1.67. The Morgan fingerprint density at radius 3 is 2.55 bits per heavy atom. The van der Waals surface area contributed by atoms with Crippen LogP contribution in [-0.4, -0.2) is 52.7 Å². The maximum Gasteiger partial charge on any atom is 0.251 e. The second-order valence-corrected chi connectivity index (χ2v) is 8.48. The Labute approximate surface area is 186 Å². The molecule has 1 aromatic heterocycles. The van der Waals surface area contributed by atoms with E-state index < -0.39 is 0 Å². The second-order valence-electron chi connectivity index (χ2n) is 7.52. The van der Waals surface area contributed by atoms with Crippen LogP contribution in [0.15, 0.2) is 60.0 Å². The molecule has 1 fully saturated rings. The largest absolute Gasteiger partial charge is 0.497 e. The summed E-state index contributed by atoms with van der Waals surface area (Å²) in [6, 6.07) is 16.0. The minimum absolute atomic E-state index is 0.0489. The summed E-state index contributed by atoms with van der Waals surface area (Å²) in [4.78, 5) is 19.3. The molecule has 4 rings (SSSR count). The van der Waals surface area contributed by atoms with Gasteiger partial charge in [0, 0.05) is 17.9 Å². The highest BCUT2D eigenvalue weighted by Gasteiger charge is 2.24. The van der Waals surface area contributed by atoms with E-state index >= 15 is 0 Å². The lowest BCUT2D eigenvalue weighted by molar-refractivity contribution is 0.0938. The van der Waals surface area contributed by atoms with Gasteiger partial charge in [-0.15, -0.1) is 0 Å². The summed E-state index contributed by atoms with van der Waals surface area (Å²) in [5.41, 5.74) is 3.00. The first kappa shape index (κ1) is 21.4. The molecule has 1 atom stereocenters. The molecule has 1 aliphatic rings. The van der Waals surface area contributed by atoms with E-state index in [1.807, 2.05) is 36.4 Å². The SMILES string of the molecule is COc1ccc(C(CNC(=O)c2ccc(CSc3ncn[nH]3)cc2)N2CCCC2)cc1. The zero-order chi connectivity index (χ0) is 21.5. The van der Waals surface area contributed by atoms with E-state index in [0.29, 0.717) is 12.1 Å². The fraction of sp³-hybridized carbons (Fsp3) is 0.348. The lowest BCUT2D eigenvalue weighted by atomic mass is 10.0. The third-order valence-corrected chi connectivity index (χ3v) is 6.47. The number of hydrogen-bond acceptors (Lipinski definition) is 6. The van der Waals surface area contributed by atoms with Gasteiger partial charge in [0.2, 0.25) is 0 Å². The molecule has 0 radical (unpaired) electrons. The Morgan fingerprint density at radius 2 is 1.90 bits per heavy atom. The average Bonchev–Trinajstić information content (AvgIpc) is 3.53. The first-order valence-corrected chi connectivity index (χ1v) is 11.4. The van der Waals surface area contributed by atoms with Gasteiger partial charge in [-0.3, -0.25) is 14.8 Å². The average molecular weight is 438 g/mol. The zero-order valence-corrected chi connectivity index (χ0v) is 18.4. The van der Waals surface area contributed by atoms with Crippen LogP contribution in [0.25, 0.3) is 0 Å². The number of thioether (sulfide) groups is 1. The van der Waals surface area contributed by atoms with Gasteiger partial charge >= 0.3 is 0 Å². The molecule has 0 saturated carbocycles. The van der Waals surface area contributed by atoms with E-state index in [2.05, 4.69) is 37.5 Å². The molecular weight excluding hydrogens is 410 g/mol. The van der Waals surface area contributed by atoms with E-state index in [0.717, 1.165) is 35.3 Å². The summed E-state index contributed by atoms with van der Waals surface area (Å²) in [5, 5.41) is 10.6. The second kappa shape index (κ2) is 10.5. The van der Waals surface area contributed by atoms with Crippen molar-refractivity contribution in [2.24, 2.45) is 0 Å². The number of rotatable bonds is 9. The van der Waals surface area contributed by atoms with Crippen LogP contribution in [0, 0.1) is 0 Å². The van der Waals surface area contributed by atoms with Gasteiger partial charge in [-0.2, -0.15) is 5.10 Å². The Morgan fingerprint density at radius 1 is 1.16 bits per heavy atom. The quantitative estimate of drug-likeness (QED) is 0.497. The number of methoxy groups -OCH3 is 1. The zero-order valence-electron chi connectivity index (χ0n) is 17.6. The maximum atomic E-state index is 12.8. The molecule has 2 heterocycles. The van der Waals surface area contributed by atoms with Crippen LogP contribution in [0.2, 0.25) is 0 Å². The maximum absolute atomic E-state index is 12.8. The Balaban J connectivity index is 1.36. The molecule has 8 heteroatoms. The number of nitrogens with zero attached hydrogens (tertiary/aromatic N) is 3. The number of likely N-dealkylation sites (tertiary alicyclic amines) is 1. The van der Waals surface area contributed by atoms with Gasteiger partial charge in [-0.1, -0.05) is 36.0 Å². The molecule has 2 aromatic carbocycles. The van der Waals surface area contributed by atoms with Crippen LogP contribution in [0.3, 0.4) is 0 Å². The van der Waals surface area contributed by atoms with Crippen molar-refractivity contribution < 1.29 is 9.53 Å². The van der Waals surface area contributed by atoms with Gasteiger partial charge in [0.1, 0.15) is 12.1 Å². The van der Waals surface area contributed by atoms with Crippen molar-refractivity contribution in [3.63, 3.8) is 0 Å². The monoisotopic (exact) mass is 437 g/mol. The molecule has 1 saturated heterocycles. The lowest BCUT2D eigenvalue weighted by Gasteiger charge is -2.28. The standard InChI is InChI=1S/C23H27N5O2S/c1-30-20-10-8-18(9-11-20)21(28-12-2-3-13-28)14-24-22(29)19-6-4-17(5-7-19)15-31-23-25-16-26-27-23/h4-11,16,21H,2-3,12-15H2,1H3,(H,24,29)(H,25,26,27). The minimum atomic E-state index is -0.0489. The molecule has 0 bridgehead atoms. The van der Waals surface area contributed by atoms with Crippen LogP contribution < -0.4 is 10.1 Å². The van der Waals surface area contributed by atoms with Crippen LogP contribution in [0.5, 0.6) is 5.75 Å². The molecule has 0 aliphatic carbocycles. The predicted octanol–water partition coefficient (Wildman–Crippen LogP) is 3.67. The first-order chi connectivity index (χ1) is 15.2. The highest BCUT2D eigenvalue weighted by atomic mass is 32.2. The van der Waals surface area contributed by atoms with Gasteiger partial charge in [-0.25, -0.2) is 4.98 Å². The van der Waals surface area contributed by atoms with Crippen molar-refractivity contribution in [3.05, 3.63) is 71.5 Å². The van der Waals surface area contributed by atoms with Gasteiger partial charge in [0.25, 0.3) is 5.91 Å². The van der Waals surface area contributed by atoms with Gasteiger partial charge in [0.05, 0.1) is 13.2 Å². The summed E-state index contributed by atoms with van der Waals surface area (Å²) < 4.78 is 5.29. The molecule has 162 valence electrons. The molecular formula is C23H27N5O2S. The number of amides is 1. The number of H-pyrrole nitrogens is 1. The molecule has 3 aromatic rings. The van der Waals surface area contributed by atoms with Gasteiger partial charge < -0.3 is 10.1 Å². The van der Waals surface area contributed by atoms with E-state index in [1.54, 1.807) is 18.9 Å². The van der Waals surface area contributed by atoms with E-state index in [4.69, 9.17) is 4.74 Å². The summed E-state index contributed by atoms with van der Waals surface area (Å²) in [6.45, 7) is 2.70. The third-order valence-electron chi connectivity index (χ3n) is 5.52. The topological polar surface area (TPSA) is 83.1 Å². The predicted molar refractivity (Wildman–Crippen MR) is 121 cm³/mol. The summed E-state index contributed by atoms with van der Waals surface area (Å²) in [5.74, 6) is 1.56. The third kappa shape index (κ3) is 5.65. The number of hydrogen-bond donors (Lipinski definition) is 2.